The number of amides is 1. The van der Waals surface area contributed by atoms with Gasteiger partial charge in [-0.05, 0) is 6.08 Å². The summed E-state index contributed by atoms with van der Waals surface area (Å²) in [5.74, 6) is -2.33. The molecule has 5 nitrogen and oxygen atoms in total. The van der Waals surface area contributed by atoms with E-state index < -0.39 is 33.9 Å². The molecular formula is C8H13F3N2O3S. The van der Waals surface area contributed by atoms with Crippen LogP contribution in [0.1, 0.15) is 0 Å². The molecule has 1 N–H and O–H groups in total. The average molecular weight is 274 g/mol. The molecule has 0 rings (SSSR count). The van der Waals surface area contributed by atoms with Crippen molar-refractivity contribution >= 4 is 15.9 Å². The van der Waals surface area contributed by atoms with Crippen molar-refractivity contribution in [1.29, 1.82) is 0 Å². The molecular weight excluding hydrogens is 261 g/mol. The summed E-state index contributed by atoms with van der Waals surface area (Å²) < 4.78 is 60.7. The molecule has 17 heavy (non-hydrogen) atoms. The van der Waals surface area contributed by atoms with E-state index in [9.17, 15) is 26.4 Å². The van der Waals surface area contributed by atoms with Gasteiger partial charge in [0.1, 0.15) is 6.04 Å². The second kappa shape index (κ2) is 5.50. The first kappa shape index (κ1) is 15.9. The molecule has 1 amide bonds. The number of hydrogen-bond donors (Lipinski definition) is 1. The molecule has 0 aromatic rings. The van der Waals surface area contributed by atoms with Gasteiger partial charge in [-0.2, -0.15) is 13.2 Å². The van der Waals surface area contributed by atoms with Crippen LogP contribution in [0.15, 0.2) is 12.7 Å². The lowest BCUT2D eigenvalue weighted by Crippen LogP contribution is -2.50. The third-order valence-corrected chi connectivity index (χ3v) is 3.70. The molecule has 0 fully saturated rings. The SMILES string of the molecule is C=CC(=O)N[C@H](CS(=O)(=O)N(C)C)C(F)(F)F. The van der Waals surface area contributed by atoms with Crippen LogP contribution in [0.25, 0.3) is 0 Å². The van der Waals surface area contributed by atoms with Crippen molar-refractivity contribution < 1.29 is 26.4 Å². The van der Waals surface area contributed by atoms with E-state index in [-0.39, 0.29) is 0 Å². The zero-order chi connectivity index (χ0) is 13.9. The summed E-state index contributed by atoms with van der Waals surface area (Å²) in [5.41, 5.74) is 0. The van der Waals surface area contributed by atoms with Gasteiger partial charge >= 0.3 is 6.18 Å². The molecule has 9 heteroatoms. The van der Waals surface area contributed by atoms with E-state index >= 15 is 0 Å². The van der Waals surface area contributed by atoms with E-state index in [1.54, 1.807) is 0 Å². The molecule has 0 aromatic carbocycles. The molecule has 0 spiro atoms. The topological polar surface area (TPSA) is 66.5 Å². The van der Waals surface area contributed by atoms with Crippen LogP contribution in [0.5, 0.6) is 0 Å². The van der Waals surface area contributed by atoms with Crippen molar-refractivity contribution in [2.75, 3.05) is 19.8 Å². The Morgan fingerprint density at radius 1 is 1.47 bits per heavy atom. The van der Waals surface area contributed by atoms with Crippen molar-refractivity contribution in [3.05, 3.63) is 12.7 Å². The Labute approximate surface area is 97.3 Å². The van der Waals surface area contributed by atoms with Gasteiger partial charge in [0.15, 0.2) is 0 Å². The number of nitrogens with one attached hydrogen (secondary N) is 1. The van der Waals surface area contributed by atoms with E-state index in [2.05, 4.69) is 6.58 Å². The second-order valence-corrected chi connectivity index (χ2v) is 5.60. The average Bonchev–Trinajstić information content (AvgIpc) is 2.14. The smallest absolute Gasteiger partial charge is 0.340 e. The number of carbonyl (C=O) groups excluding carboxylic acids is 1. The normalized spacial score (nSPS) is 14.5. The van der Waals surface area contributed by atoms with Crippen molar-refractivity contribution in [3.8, 4) is 0 Å². The van der Waals surface area contributed by atoms with Gasteiger partial charge in [-0.25, -0.2) is 12.7 Å². The van der Waals surface area contributed by atoms with Crippen LogP contribution in [0.4, 0.5) is 13.2 Å². The van der Waals surface area contributed by atoms with Crippen molar-refractivity contribution in [2.45, 2.75) is 12.2 Å². The van der Waals surface area contributed by atoms with Gasteiger partial charge in [-0.15, -0.1) is 0 Å². The maximum absolute atomic E-state index is 12.5. The van der Waals surface area contributed by atoms with E-state index in [0.717, 1.165) is 14.1 Å². The Balaban J connectivity index is 4.98. The van der Waals surface area contributed by atoms with Crippen LogP contribution in [-0.4, -0.2) is 50.7 Å². The fraction of sp³-hybridized carbons (Fsp3) is 0.625. The van der Waals surface area contributed by atoms with Crippen LogP contribution in [0, 0.1) is 0 Å². The van der Waals surface area contributed by atoms with Gasteiger partial charge in [-0.3, -0.25) is 4.79 Å². The summed E-state index contributed by atoms with van der Waals surface area (Å²) in [4.78, 5) is 10.8. The summed E-state index contributed by atoms with van der Waals surface area (Å²) in [6, 6.07) is -2.46. The Bertz CT molecular complexity index is 389. The summed E-state index contributed by atoms with van der Waals surface area (Å²) >= 11 is 0. The van der Waals surface area contributed by atoms with E-state index in [1.807, 2.05) is 0 Å². The van der Waals surface area contributed by atoms with E-state index in [1.165, 1.54) is 5.32 Å². The lowest BCUT2D eigenvalue weighted by atomic mass is 10.3. The van der Waals surface area contributed by atoms with E-state index in [4.69, 9.17) is 0 Å². The third kappa shape index (κ3) is 5.18. The van der Waals surface area contributed by atoms with Crippen LogP contribution >= 0.6 is 0 Å². The van der Waals surface area contributed by atoms with Crippen LogP contribution in [0.3, 0.4) is 0 Å². The monoisotopic (exact) mass is 274 g/mol. The highest BCUT2D eigenvalue weighted by Crippen LogP contribution is 2.22. The van der Waals surface area contributed by atoms with Gasteiger partial charge < -0.3 is 5.32 Å². The minimum absolute atomic E-state index is 0.640. The molecule has 100 valence electrons. The minimum atomic E-state index is -4.85. The van der Waals surface area contributed by atoms with Crippen LogP contribution in [-0.2, 0) is 14.8 Å². The lowest BCUT2D eigenvalue weighted by molar-refractivity contribution is -0.155. The molecule has 0 aliphatic rings. The minimum Gasteiger partial charge on any atom is -0.340 e. The summed E-state index contributed by atoms with van der Waals surface area (Å²) in [6.45, 7) is 2.99. The maximum Gasteiger partial charge on any atom is 0.409 e. The van der Waals surface area contributed by atoms with Crippen LogP contribution in [0.2, 0.25) is 0 Å². The van der Waals surface area contributed by atoms with Crippen molar-refractivity contribution in [1.82, 2.24) is 9.62 Å². The number of nitrogens with zero attached hydrogens (tertiary/aromatic N) is 1. The van der Waals surface area contributed by atoms with Crippen LogP contribution < -0.4 is 5.32 Å². The van der Waals surface area contributed by atoms with Crippen molar-refractivity contribution in [3.63, 3.8) is 0 Å². The first-order valence-electron chi connectivity index (χ1n) is 4.40. The first-order chi connectivity index (χ1) is 7.50. The first-order valence-corrected chi connectivity index (χ1v) is 6.01. The Kier molecular flexibility index (Phi) is 5.14. The molecule has 0 bridgehead atoms. The number of carbonyl (C=O) groups is 1. The summed E-state index contributed by atoms with van der Waals surface area (Å²) in [7, 11) is -1.85. The highest BCUT2D eigenvalue weighted by molar-refractivity contribution is 7.89. The summed E-state index contributed by atoms with van der Waals surface area (Å²) in [6.07, 6.45) is -4.21. The number of rotatable bonds is 5. The number of alkyl halides is 3. The highest BCUT2D eigenvalue weighted by Gasteiger charge is 2.43. The standard InChI is InChI=1S/C8H13F3N2O3S/c1-4-7(14)12-6(8(9,10)11)5-17(15,16)13(2)3/h4,6H,1,5H2,2-3H3,(H,12,14)/t6-/m1/s1. The molecule has 0 saturated heterocycles. The van der Waals surface area contributed by atoms with Gasteiger partial charge in [0.25, 0.3) is 0 Å². The lowest BCUT2D eigenvalue weighted by Gasteiger charge is -2.22. The van der Waals surface area contributed by atoms with E-state index in [0.29, 0.717) is 10.4 Å². The predicted octanol–water partition coefficient (Wildman–Crippen LogP) is 0.111. The van der Waals surface area contributed by atoms with Gasteiger partial charge in [0, 0.05) is 14.1 Å². The number of sulfonamides is 1. The fourth-order valence-electron chi connectivity index (χ4n) is 0.808. The summed E-state index contributed by atoms with van der Waals surface area (Å²) in [5, 5.41) is 1.53. The number of hydrogen-bond acceptors (Lipinski definition) is 3. The van der Waals surface area contributed by atoms with Gasteiger partial charge in [0.05, 0.1) is 5.75 Å². The Hall–Kier alpha value is -1.09. The number of halogens is 3. The Morgan fingerprint density at radius 2 is 1.94 bits per heavy atom. The van der Waals surface area contributed by atoms with Crippen molar-refractivity contribution in [2.24, 2.45) is 0 Å². The highest BCUT2D eigenvalue weighted by atomic mass is 32.2. The quantitative estimate of drug-likeness (QED) is 0.724. The molecule has 1 atom stereocenters. The van der Waals surface area contributed by atoms with Gasteiger partial charge in [0.2, 0.25) is 15.9 Å². The largest absolute Gasteiger partial charge is 0.409 e. The second-order valence-electron chi connectivity index (χ2n) is 3.37. The predicted molar refractivity (Wildman–Crippen MR) is 55.7 cm³/mol. The fourth-order valence-corrected chi connectivity index (χ4v) is 1.80. The zero-order valence-electron chi connectivity index (χ0n) is 9.28. The van der Waals surface area contributed by atoms with Gasteiger partial charge in [-0.1, -0.05) is 6.58 Å². The maximum atomic E-state index is 12.5. The molecule has 0 radical (unpaired) electrons. The molecule has 0 aliphatic carbocycles. The zero-order valence-corrected chi connectivity index (χ0v) is 10.1. The molecule has 0 heterocycles. The molecule has 0 saturated carbocycles. The molecule has 0 unspecified atom stereocenters. The molecule has 0 aliphatic heterocycles. The third-order valence-electron chi connectivity index (χ3n) is 1.83. The Morgan fingerprint density at radius 3 is 2.24 bits per heavy atom. The molecule has 0 aromatic heterocycles.